The fourth-order valence-electron chi connectivity index (χ4n) is 1.21. The Kier molecular flexibility index (Phi) is 1.22. The molecule has 0 bridgehead atoms. The summed E-state index contributed by atoms with van der Waals surface area (Å²) in [6, 6.07) is 4.20. The van der Waals surface area contributed by atoms with Crippen LogP contribution in [0.25, 0.3) is 5.52 Å². The molecule has 0 aliphatic carbocycles. The van der Waals surface area contributed by atoms with Gasteiger partial charge in [-0.3, -0.25) is 0 Å². The van der Waals surface area contributed by atoms with E-state index in [1.807, 2.05) is 16.9 Å². The van der Waals surface area contributed by atoms with E-state index in [4.69, 9.17) is 0 Å². The first-order chi connectivity index (χ1) is 5.27. The Morgan fingerprint density at radius 2 is 2.18 bits per heavy atom. The summed E-state index contributed by atoms with van der Waals surface area (Å²) in [7, 11) is 0. The number of pyridine rings is 1. The van der Waals surface area contributed by atoms with E-state index in [0.29, 0.717) is 0 Å². The van der Waals surface area contributed by atoms with Crippen LogP contribution < -0.4 is 0 Å². The van der Waals surface area contributed by atoms with Gasteiger partial charge in [0.05, 0.1) is 11.7 Å². The van der Waals surface area contributed by atoms with Gasteiger partial charge in [-0.05, 0) is 37.1 Å². The highest BCUT2D eigenvalue weighted by Crippen LogP contribution is 2.09. The van der Waals surface area contributed by atoms with Crippen LogP contribution in [0.2, 0.25) is 0 Å². The second-order valence-corrected chi connectivity index (χ2v) is 2.86. The van der Waals surface area contributed by atoms with Crippen molar-refractivity contribution in [2.24, 2.45) is 0 Å². The molecule has 0 aliphatic rings. The highest BCUT2D eigenvalue weighted by atomic mass is 15.2. The third-order valence-electron chi connectivity index (χ3n) is 1.87. The summed E-state index contributed by atoms with van der Waals surface area (Å²) in [5.74, 6) is 0. The molecule has 0 aromatic carbocycles. The first-order valence-electron chi connectivity index (χ1n) is 3.68. The summed E-state index contributed by atoms with van der Waals surface area (Å²) in [5.41, 5.74) is 3.71. The quantitative estimate of drug-likeness (QED) is 0.555. The van der Waals surface area contributed by atoms with Gasteiger partial charge in [0, 0.05) is 6.20 Å². The van der Waals surface area contributed by atoms with Gasteiger partial charge in [-0.15, -0.1) is 0 Å². The van der Waals surface area contributed by atoms with E-state index in [1.54, 1.807) is 0 Å². The smallest absolute Gasteiger partial charge is 0.0693 e. The fraction of sp³-hybridized carbons (Fsp3) is 0.222. The summed E-state index contributed by atoms with van der Waals surface area (Å²) in [4.78, 5) is 0. The predicted molar refractivity (Wildman–Crippen MR) is 44.7 cm³/mol. The van der Waals surface area contributed by atoms with Crippen LogP contribution in [0.15, 0.2) is 24.5 Å². The van der Waals surface area contributed by atoms with E-state index in [2.05, 4.69) is 31.1 Å². The maximum Gasteiger partial charge on any atom is 0.0693 e. The van der Waals surface area contributed by atoms with Crippen molar-refractivity contribution in [1.82, 2.24) is 9.61 Å². The first-order valence-corrected chi connectivity index (χ1v) is 3.68. The minimum absolute atomic E-state index is 1.20. The molecule has 0 spiro atoms. The van der Waals surface area contributed by atoms with Crippen LogP contribution in [0.5, 0.6) is 0 Å². The van der Waals surface area contributed by atoms with Crippen LogP contribution >= 0.6 is 0 Å². The molecular formula is C9H10N2. The molecule has 2 nitrogen and oxygen atoms in total. The van der Waals surface area contributed by atoms with Crippen molar-refractivity contribution in [3.8, 4) is 0 Å². The Hall–Kier alpha value is -1.31. The van der Waals surface area contributed by atoms with Gasteiger partial charge in [-0.1, -0.05) is 0 Å². The maximum atomic E-state index is 4.18. The van der Waals surface area contributed by atoms with Crippen molar-refractivity contribution in [3.05, 3.63) is 35.7 Å². The molecule has 0 unspecified atom stereocenters. The molecule has 11 heavy (non-hydrogen) atoms. The minimum Gasteiger partial charge on any atom is -0.241 e. The second kappa shape index (κ2) is 2.09. The van der Waals surface area contributed by atoms with Gasteiger partial charge >= 0.3 is 0 Å². The Bertz CT molecular complexity index is 387. The average Bonchev–Trinajstić information content (AvgIpc) is 2.33. The summed E-state index contributed by atoms with van der Waals surface area (Å²) in [6.45, 7) is 4.16. The number of fused-ring (bicyclic) bond motifs is 1. The molecule has 2 heteroatoms. The number of aromatic nitrogens is 2. The average molecular weight is 146 g/mol. The molecule has 2 heterocycles. The van der Waals surface area contributed by atoms with Gasteiger partial charge in [0.1, 0.15) is 0 Å². The van der Waals surface area contributed by atoms with Gasteiger partial charge in [0.25, 0.3) is 0 Å². The molecule has 0 radical (unpaired) electrons. The lowest BCUT2D eigenvalue weighted by Gasteiger charge is -1.94. The molecular weight excluding hydrogens is 136 g/mol. The normalized spacial score (nSPS) is 10.7. The summed E-state index contributed by atoms with van der Waals surface area (Å²) in [5, 5.41) is 4.18. The molecule has 2 rings (SSSR count). The van der Waals surface area contributed by atoms with E-state index in [-0.39, 0.29) is 0 Å². The third-order valence-corrected chi connectivity index (χ3v) is 1.87. The SMILES string of the molecule is Cc1ccn2ncc(C)c2c1. The van der Waals surface area contributed by atoms with Crippen LogP contribution in [0.1, 0.15) is 11.1 Å². The van der Waals surface area contributed by atoms with Crippen molar-refractivity contribution in [1.29, 1.82) is 0 Å². The van der Waals surface area contributed by atoms with Crippen molar-refractivity contribution in [2.45, 2.75) is 13.8 Å². The summed E-state index contributed by atoms with van der Waals surface area (Å²) < 4.78 is 1.89. The van der Waals surface area contributed by atoms with Crippen LogP contribution in [0.4, 0.5) is 0 Å². The molecule has 0 saturated carbocycles. The monoisotopic (exact) mass is 146 g/mol. The van der Waals surface area contributed by atoms with Gasteiger partial charge in [-0.25, -0.2) is 4.52 Å². The topological polar surface area (TPSA) is 17.3 Å². The zero-order valence-electron chi connectivity index (χ0n) is 6.70. The summed E-state index contributed by atoms with van der Waals surface area (Å²) in [6.07, 6.45) is 3.87. The zero-order chi connectivity index (χ0) is 7.84. The lowest BCUT2D eigenvalue weighted by atomic mass is 10.2. The zero-order valence-corrected chi connectivity index (χ0v) is 6.70. The van der Waals surface area contributed by atoms with Crippen molar-refractivity contribution in [3.63, 3.8) is 0 Å². The van der Waals surface area contributed by atoms with Gasteiger partial charge < -0.3 is 0 Å². The molecule has 56 valence electrons. The third kappa shape index (κ3) is 0.909. The minimum atomic E-state index is 1.20. The standard InChI is InChI=1S/C9H10N2/c1-7-3-4-11-9(5-7)8(2)6-10-11/h3-6H,1-2H3. The van der Waals surface area contributed by atoms with Crippen LogP contribution in [-0.2, 0) is 0 Å². The lowest BCUT2D eigenvalue weighted by molar-refractivity contribution is 0.958. The molecule has 0 aliphatic heterocycles. The van der Waals surface area contributed by atoms with Gasteiger partial charge in [0.2, 0.25) is 0 Å². The van der Waals surface area contributed by atoms with Crippen LogP contribution in [0.3, 0.4) is 0 Å². The lowest BCUT2D eigenvalue weighted by Crippen LogP contribution is -1.85. The van der Waals surface area contributed by atoms with Gasteiger partial charge in [0.15, 0.2) is 0 Å². The molecule has 2 aromatic heterocycles. The Morgan fingerprint density at radius 1 is 1.36 bits per heavy atom. The molecule has 0 atom stereocenters. The maximum absolute atomic E-state index is 4.18. The molecule has 0 amide bonds. The fourth-order valence-corrected chi connectivity index (χ4v) is 1.21. The number of hydrogen-bond donors (Lipinski definition) is 0. The number of nitrogens with zero attached hydrogens (tertiary/aromatic N) is 2. The molecule has 0 fully saturated rings. The predicted octanol–water partition coefficient (Wildman–Crippen LogP) is 1.95. The highest BCUT2D eigenvalue weighted by molar-refractivity contribution is 5.54. The molecule has 0 saturated heterocycles. The van der Waals surface area contributed by atoms with Crippen LogP contribution in [0, 0.1) is 13.8 Å². The van der Waals surface area contributed by atoms with E-state index < -0.39 is 0 Å². The number of hydrogen-bond acceptors (Lipinski definition) is 1. The Balaban J connectivity index is 2.87. The number of rotatable bonds is 0. The summed E-state index contributed by atoms with van der Waals surface area (Å²) >= 11 is 0. The van der Waals surface area contributed by atoms with Crippen molar-refractivity contribution >= 4 is 5.52 Å². The van der Waals surface area contributed by atoms with Crippen molar-refractivity contribution in [2.75, 3.05) is 0 Å². The molecule has 2 aromatic rings. The van der Waals surface area contributed by atoms with E-state index in [0.717, 1.165) is 0 Å². The number of aryl methyl sites for hydroxylation is 2. The van der Waals surface area contributed by atoms with Gasteiger partial charge in [-0.2, -0.15) is 5.10 Å². The highest BCUT2D eigenvalue weighted by Gasteiger charge is 1.96. The second-order valence-electron chi connectivity index (χ2n) is 2.86. The van der Waals surface area contributed by atoms with Crippen molar-refractivity contribution < 1.29 is 0 Å². The van der Waals surface area contributed by atoms with Crippen LogP contribution in [-0.4, -0.2) is 9.61 Å². The molecule has 0 N–H and O–H groups in total. The first kappa shape index (κ1) is 6.40. The van der Waals surface area contributed by atoms with E-state index in [9.17, 15) is 0 Å². The van der Waals surface area contributed by atoms with E-state index >= 15 is 0 Å². The Labute approximate surface area is 65.5 Å². The van der Waals surface area contributed by atoms with E-state index in [1.165, 1.54) is 16.6 Å². The Morgan fingerprint density at radius 3 is 3.00 bits per heavy atom. The largest absolute Gasteiger partial charge is 0.241 e.